The van der Waals surface area contributed by atoms with Crippen LogP contribution in [0.25, 0.3) is 22.5 Å². The fourth-order valence-electron chi connectivity index (χ4n) is 6.46. The third-order valence-electron chi connectivity index (χ3n) is 9.75. The molecule has 0 saturated carbocycles. The minimum atomic E-state index is -3.77. The van der Waals surface area contributed by atoms with Gasteiger partial charge in [-0.1, -0.05) is 0 Å². The molecule has 62 heavy (non-hydrogen) atoms. The summed E-state index contributed by atoms with van der Waals surface area (Å²) in [6.07, 6.45) is 0. The second-order valence-corrected chi connectivity index (χ2v) is 19.2. The molecule has 2 aliphatic rings. The number of benzene rings is 4. The number of nitro groups is 2. The van der Waals surface area contributed by atoms with E-state index in [0.717, 1.165) is 30.3 Å². The zero-order valence-corrected chi connectivity index (χ0v) is 35.1. The van der Waals surface area contributed by atoms with Crippen molar-refractivity contribution in [3.63, 3.8) is 0 Å². The van der Waals surface area contributed by atoms with Crippen molar-refractivity contribution in [1.82, 2.24) is 18.6 Å². The van der Waals surface area contributed by atoms with Gasteiger partial charge < -0.3 is 9.80 Å². The first-order valence-corrected chi connectivity index (χ1v) is 23.0. The standard InChI is InChI=1S/2C19H16F2N4O4S2/c20-16-6-1-13(11-17(16)21)18-12-30-19(22-18)23-7-9-24(10-8-23)31(28,29)15-4-2-14(3-5-15)25(26)27;20-14-9-13(10-15(21)11-14)18-12-30-19(22-18)23-5-7-24(8-6-23)31(28,29)17-3-1-16(2-4-17)25(26)27/h1-6,11-12H,7-10H2;1-4,9-12H,5-8H2. The number of aromatic nitrogens is 2. The summed E-state index contributed by atoms with van der Waals surface area (Å²) < 4.78 is 107. The highest BCUT2D eigenvalue weighted by molar-refractivity contribution is 7.89. The Morgan fingerprint density at radius 3 is 1.31 bits per heavy atom. The Morgan fingerprint density at radius 2 is 0.919 bits per heavy atom. The van der Waals surface area contributed by atoms with Crippen molar-refractivity contribution < 1.29 is 44.2 Å². The van der Waals surface area contributed by atoms with Gasteiger partial charge in [-0.25, -0.2) is 44.4 Å². The summed E-state index contributed by atoms with van der Waals surface area (Å²) in [6.45, 7) is 2.44. The summed E-state index contributed by atoms with van der Waals surface area (Å²) >= 11 is 2.65. The number of halogens is 4. The average molecular weight is 933 g/mol. The first-order chi connectivity index (χ1) is 29.5. The lowest BCUT2D eigenvalue weighted by Crippen LogP contribution is -2.48. The van der Waals surface area contributed by atoms with Crippen LogP contribution in [0.1, 0.15) is 0 Å². The first-order valence-electron chi connectivity index (χ1n) is 18.3. The molecule has 0 atom stereocenters. The number of hydrogen-bond donors (Lipinski definition) is 0. The number of hydrogen-bond acceptors (Lipinski definition) is 14. The SMILES string of the molecule is O=[N+]([O-])c1ccc(S(=O)(=O)N2CCN(c3nc(-c4cc(F)cc(F)c4)cs3)CC2)cc1.O=[N+]([O-])c1ccc(S(=O)(=O)N2CCN(c3nc(-c4ccc(F)c(F)c4)cs3)CC2)cc1. The summed E-state index contributed by atoms with van der Waals surface area (Å²) in [5.74, 6) is -3.24. The van der Waals surface area contributed by atoms with Gasteiger partial charge in [-0.3, -0.25) is 20.2 Å². The maximum atomic E-state index is 13.5. The van der Waals surface area contributed by atoms with Gasteiger partial charge in [0.2, 0.25) is 20.0 Å². The quantitative estimate of drug-likeness (QED) is 0.0776. The Labute approximate surface area is 359 Å². The summed E-state index contributed by atoms with van der Waals surface area (Å²) in [5, 5.41) is 26.2. The topological polar surface area (TPSA) is 193 Å². The van der Waals surface area contributed by atoms with Gasteiger partial charge in [0.1, 0.15) is 11.6 Å². The van der Waals surface area contributed by atoms with Crippen LogP contribution in [0.4, 0.5) is 39.2 Å². The third-order valence-corrected chi connectivity index (χ3v) is 15.4. The van der Waals surface area contributed by atoms with Crippen LogP contribution in [-0.4, -0.2) is 97.6 Å². The molecule has 8 rings (SSSR count). The molecule has 0 bridgehead atoms. The van der Waals surface area contributed by atoms with Gasteiger partial charge in [0, 0.05) is 105 Å². The van der Waals surface area contributed by atoms with E-state index in [1.807, 2.05) is 9.80 Å². The number of nitro benzene ring substituents is 2. The molecule has 2 fully saturated rings. The molecule has 4 aromatic carbocycles. The Balaban J connectivity index is 0.000000186. The van der Waals surface area contributed by atoms with E-state index in [0.29, 0.717) is 59.0 Å². The zero-order valence-electron chi connectivity index (χ0n) is 31.9. The molecule has 16 nitrogen and oxygen atoms in total. The molecular formula is C38H32F4N8O8S4. The molecule has 2 saturated heterocycles. The average Bonchev–Trinajstić information content (AvgIpc) is 3.97. The van der Waals surface area contributed by atoms with Crippen LogP contribution in [0.3, 0.4) is 0 Å². The Kier molecular flexibility index (Phi) is 13.0. The highest BCUT2D eigenvalue weighted by Crippen LogP contribution is 2.32. The van der Waals surface area contributed by atoms with E-state index >= 15 is 0 Å². The van der Waals surface area contributed by atoms with Gasteiger partial charge in [-0.2, -0.15) is 8.61 Å². The van der Waals surface area contributed by atoms with Gasteiger partial charge in [-0.15, -0.1) is 22.7 Å². The van der Waals surface area contributed by atoms with Crippen LogP contribution in [0, 0.1) is 43.5 Å². The van der Waals surface area contributed by atoms with Crippen molar-refractivity contribution >= 4 is 64.4 Å². The molecule has 0 radical (unpaired) electrons. The van der Waals surface area contributed by atoms with Gasteiger partial charge in [0.25, 0.3) is 11.4 Å². The second-order valence-electron chi connectivity index (χ2n) is 13.6. The van der Waals surface area contributed by atoms with Gasteiger partial charge in [0.05, 0.1) is 31.0 Å². The minimum absolute atomic E-state index is 0.00132. The van der Waals surface area contributed by atoms with Crippen molar-refractivity contribution in [2.75, 3.05) is 62.2 Å². The molecule has 0 N–H and O–H groups in total. The van der Waals surface area contributed by atoms with Crippen molar-refractivity contribution in [2.45, 2.75) is 9.79 Å². The van der Waals surface area contributed by atoms with Gasteiger partial charge in [-0.05, 0) is 54.6 Å². The fraction of sp³-hybridized carbons (Fsp3) is 0.211. The number of sulfonamides is 2. The Hall–Kier alpha value is -5.92. The van der Waals surface area contributed by atoms with Crippen molar-refractivity contribution in [3.8, 4) is 22.5 Å². The number of anilines is 2. The van der Waals surface area contributed by atoms with E-state index < -0.39 is 53.2 Å². The number of piperazine rings is 2. The molecule has 0 aliphatic carbocycles. The molecule has 24 heteroatoms. The van der Waals surface area contributed by atoms with Crippen molar-refractivity contribution in [2.24, 2.45) is 0 Å². The predicted molar refractivity (Wildman–Crippen MR) is 223 cm³/mol. The molecule has 0 spiro atoms. The van der Waals surface area contributed by atoms with Crippen LogP contribution in [0.15, 0.2) is 105 Å². The van der Waals surface area contributed by atoms with Crippen molar-refractivity contribution in [1.29, 1.82) is 0 Å². The number of thiazole rings is 2. The molecule has 2 aromatic heterocycles. The Morgan fingerprint density at radius 1 is 0.516 bits per heavy atom. The number of non-ortho nitro benzene ring substituents is 2. The van der Waals surface area contributed by atoms with E-state index in [1.165, 1.54) is 85.9 Å². The highest BCUT2D eigenvalue weighted by atomic mass is 32.2. The summed E-state index contributed by atoms with van der Waals surface area (Å²) in [5.41, 5.74) is 1.39. The summed E-state index contributed by atoms with van der Waals surface area (Å²) in [6, 6.07) is 16.4. The van der Waals surface area contributed by atoms with Crippen LogP contribution >= 0.6 is 22.7 Å². The number of nitrogens with zero attached hydrogens (tertiary/aromatic N) is 8. The highest BCUT2D eigenvalue weighted by Gasteiger charge is 2.31. The maximum absolute atomic E-state index is 13.5. The van der Waals surface area contributed by atoms with E-state index in [9.17, 15) is 54.6 Å². The third kappa shape index (κ3) is 9.74. The normalized spacial score (nSPS) is 15.2. The first kappa shape index (κ1) is 44.1. The summed E-state index contributed by atoms with van der Waals surface area (Å²) in [4.78, 5) is 33.1. The molecule has 0 amide bonds. The van der Waals surface area contributed by atoms with Crippen LogP contribution < -0.4 is 9.80 Å². The van der Waals surface area contributed by atoms with Crippen molar-refractivity contribution in [3.05, 3.63) is 139 Å². The van der Waals surface area contributed by atoms with Crippen LogP contribution in [0.2, 0.25) is 0 Å². The zero-order chi connectivity index (χ0) is 44.3. The van der Waals surface area contributed by atoms with E-state index in [4.69, 9.17) is 0 Å². The van der Waals surface area contributed by atoms with Crippen LogP contribution in [-0.2, 0) is 20.0 Å². The fourth-order valence-corrected chi connectivity index (χ4v) is 11.1. The lowest BCUT2D eigenvalue weighted by atomic mass is 10.1. The lowest BCUT2D eigenvalue weighted by molar-refractivity contribution is -0.385. The molecule has 4 heterocycles. The molecule has 0 unspecified atom stereocenters. The molecule has 324 valence electrons. The second kappa shape index (κ2) is 18.2. The minimum Gasteiger partial charge on any atom is -0.345 e. The predicted octanol–water partition coefficient (Wildman–Crippen LogP) is 7.01. The van der Waals surface area contributed by atoms with Crippen LogP contribution in [0.5, 0.6) is 0 Å². The maximum Gasteiger partial charge on any atom is 0.269 e. The number of rotatable bonds is 10. The molecule has 2 aliphatic heterocycles. The smallest absolute Gasteiger partial charge is 0.269 e. The van der Waals surface area contributed by atoms with Gasteiger partial charge in [0.15, 0.2) is 21.9 Å². The monoisotopic (exact) mass is 932 g/mol. The summed E-state index contributed by atoms with van der Waals surface area (Å²) in [7, 11) is -7.54. The van der Waals surface area contributed by atoms with Gasteiger partial charge >= 0.3 is 0 Å². The van der Waals surface area contributed by atoms with E-state index in [2.05, 4.69) is 9.97 Å². The van der Waals surface area contributed by atoms with E-state index in [-0.39, 0.29) is 47.3 Å². The molecule has 6 aromatic rings. The lowest BCUT2D eigenvalue weighted by Gasteiger charge is -2.33. The Bertz CT molecular complexity index is 2810. The van der Waals surface area contributed by atoms with E-state index in [1.54, 1.807) is 10.8 Å². The largest absolute Gasteiger partial charge is 0.345 e. The molecular weight excluding hydrogens is 901 g/mol.